The maximum Gasteiger partial charge on any atom is 0.228 e. The van der Waals surface area contributed by atoms with Crippen LogP contribution in [0.25, 0.3) is 5.65 Å². The zero-order chi connectivity index (χ0) is 22.4. The predicted octanol–water partition coefficient (Wildman–Crippen LogP) is 4.40. The molecule has 8 heteroatoms. The van der Waals surface area contributed by atoms with Crippen LogP contribution >= 0.6 is 0 Å². The van der Waals surface area contributed by atoms with E-state index in [0.29, 0.717) is 23.1 Å². The zero-order valence-electron chi connectivity index (χ0n) is 17.7. The Labute approximate surface area is 189 Å². The minimum Gasteiger partial charge on any atom is -0.508 e. The topological polar surface area (TPSA) is 94.7 Å². The van der Waals surface area contributed by atoms with Gasteiger partial charge in [-0.3, -0.25) is 4.98 Å². The summed E-state index contributed by atoms with van der Waals surface area (Å²) in [5.41, 5.74) is 4.45. The highest BCUT2D eigenvalue weighted by Gasteiger charge is 2.33. The van der Waals surface area contributed by atoms with E-state index in [1.54, 1.807) is 29.2 Å². The summed E-state index contributed by atoms with van der Waals surface area (Å²) in [6.07, 6.45) is 5.13. The Morgan fingerprint density at radius 3 is 2.82 bits per heavy atom. The first-order chi connectivity index (χ1) is 16.2. The van der Waals surface area contributed by atoms with Gasteiger partial charge in [0.2, 0.25) is 5.88 Å². The largest absolute Gasteiger partial charge is 0.508 e. The molecular formula is C25H19N5O3. The lowest BCUT2D eigenvalue weighted by atomic mass is 9.84. The molecule has 0 fully saturated rings. The molecule has 0 spiro atoms. The number of aryl methyl sites for hydroxylation is 1. The van der Waals surface area contributed by atoms with Crippen molar-refractivity contribution in [3.8, 4) is 23.1 Å². The summed E-state index contributed by atoms with van der Waals surface area (Å²) >= 11 is 0. The number of benzene rings is 2. The number of fused-ring (bicyclic) bond motifs is 4. The molecule has 0 aliphatic carbocycles. The third-order valence-corrected chi connectivity index (χ3v) is 5.64. The molecule has 8 nitrogen and oxygen atoms in total. The Bertz CT molecular complexity index is 1470. The molecule has 162 valence electrons. The zero-order valence-corrected chi connectivity index (χ0v) is 17.7. The van der Waals surface area contributed by atoms with Crippen LogP contribution in [0.4, 0.5) is 0 Å². The second-order valence-electron chi connectivity index (χ2n) is 7.90. The summed E-state index contributed by atoms with van der Waals surface area (Å²) in [5, 5.41) is 14.5. The van der Waals surface area contributed by atoms with Crippen LogP contribution in [0.5, 0.6) is 23.1 Å². The van der Waals surface area contributed by atoms with Crippen molar-refractivity contribution in [3.05, 3.63) is 101 Å². The highest BCUT2D eigenvalue weighted by atomic mass is 16.5. The average molecular weight is 437 g/mol. The van der Waals surface area contributed by atoms with Gasteiger partial charge in [-0.1, -0.05) is 29.8 Å². The maximum atomic E-state index is 9.98. The van der Waals surface area contributed by atoms with Crippen molar-refractivity contribution in [1.29, 1.82) is 0 Å². The quantitative estimate of drug-likeness (QED) is 0.437. The fraction of sp³-hybridized carbons (Fsp3) is 0.120. The number of hydrogen-bond acceptors (Lipinski definition) is 7. The van der Waals surface area contributed by atoms with Crippen molar-refractivity contribution in [2.24, 2.45) is 0 Å². The van der Waals surface area contributed by atoms with E-state index >= 15 is 0 Å². The van der Waals surface area contributed by atoms with Crippen molar-refractivity contribution in [2.75, 3.05) is 0 Å². The Morgan fingerprint density at radius 2 is 2.00 bits per heavy atom. The minimum absolute atomic E-state index is 0.126. The number of pyridine rings is 1. The molecule has 1 N–H and O–H groups in total. The van der Waals surface area contributed by atoms with Crippen LogP contribution in [0.3, 0.4) is 0 Å². The lowest BCUT2D eigenvalue weighted by molar-refractivity contribution is 0.296. The predicted molar refractivity (Wildman–Crippen MR) is 120 cm³/mol. The standard InChI is InChI=1S/C25H19N5O3/c1-15-4-7-18(8-5-15)32-13-21-28-24-23-22(16-3-2-10-26-12-16)19-9-6-17(31)11-20(19)33-25(23)27-14-30(24)29-21/h2-12,14,22,31H,13H2,1H3/t22-/m0/s1. The minimum atomic E-state index is -0.232. The van der Waals surface area contributed by atoms with Gasteiger partial charge in [0.05, 0.1) is 5.56 Å². The Balaban J connectivity index is 1.44. The number of nitrogens with zero attached hydrogens (tertiary/aromatic N) is 5. The number of rotatable bonds is 4. The van der Waals surface area contributed by atoms with Crippen LogP contribution < -0.4 is 9.47 Å². The molecule has 0 radical (unpaired) electrons. The second kappa shape index (κ2) is 7.59. The number of phenolic OH excluding ortho intramolecular Hbond substituents is 1. The van der Waals surface area contributed by atoms with Gasteiger partial charge in [0.15, 0.2) is 11.5 Å². The molecular weight excluding hydrogens is 418 g/mol. The van der Waals surface area contributed by atoms with Crippen LogP contribution in [0, 0.1) is 6.92 Å². The molecule has 4 heterocycles. The molecule has 33 heavy (non-hydrogen) atoms. The summed E-state index contributed by atoms with van der Waals surface area (Å²) in [7, 11) is 0. The monoisotopic (exact) mass is 437 g/mol. The Kier molecular flexibility index (Phi) is 4.43. The summed E-state index contributed by atoms with van der Waals surface area (Å²) in [5.74, 6) is 2.16. The number of hydrogen-bond donors (Lipinski definition) is 1. The average Bonchev–Trinajstić information content (AvgIpc) is 3.26. The van der Waals surface area contributed by atoms with E-state index in [2.05, 4.69) is 15.1 Å². The van der Waals surface area contributed by atoms with Gasteiger partial charge in [0.25, 0.3) is 0 Å². The van der Waals surface area contributed by atoms with Gasteiger partial charge in [-0.05, 0) is 36.8 Å². The molecule has 6 rings (SSSR count). The third-order valence-electron chi connectivity index (χ3n) is 5.64. The van der Waals surface area contributed by atoms with E-state index in [0.717, 1.165) is 22.4 Å². The first-order valence-corrected chi connectivity index (χ1v) is 10.5. The van der Waals surface area contributed by atoms with Crippen LogP contribution in [0.15, 0.2) is 73.3 Å². The summed E-state index contributed by atoms with van der Waals surface area (Å²) in [4.78, 5) is 13.6. The van der Waals surface area contributed by atoms with Gasteiger partial charge in [-0.25, -0.2) is 14.5 Å². The Morgan fingerprint density at radius 1 is 1.12 bits per heavy atom. The lowest BCUT2D eigenvalue weighted by Gasteiger charge is -2.27. The van der Waals surface area contributed by atoms with E-state index in [1.807, 2.05) is 55.6 Å². The van der Waals surface area contributed by atoms with Crippen LogP contribution in [0.1, 0.15) is 34.0 Å². The normalized spacial score (nSPS) is 14.4. The number of phenols is 1. The fourth-order valence-corrected chi connectivity index (χ4v) is 4.08. The van der Waals surface area contributed by atoms with Crippen molar-refractivity contribution in [3.63, 3.8) is 0 Å². The molecule has 3 aromatic heterocycles. The second-order valence-corrected chi connectivity index (χ2v) is 7.90. The summed E-state index contributed by atoms with van der Waals surface area (Å²) in [6, 6.07) is 16.8. The summed E-state index contributed by atoms with van der Waals surface area (Å²) in [6.45, 7) is 2.26. The van der Waals surface area contributed by atoms with Crippen molar-refractivity contribution < 1.29 is 14.6 Å². The molecule has 1 aliphatic heterocycles. The van der Waals surface area contributed by atoms with Crippen molar-refractivity contribution in [1.82, 2.24) is 24.6 Å². The first-order valence-electron chi connectivity index (χ1n) is 10.5. The highest BCUT2D eigenvalue weighted by Crippen LogP contribution is 2.48. The SMILES string of the molecule is Cc1ccc(OCc2nc3c4c(ncn3n2)Oc2cc(O)ccc2[C@@H]4c2cccnc2)cc1. The molecule has 0 bridgehead atoms. The van der Waals surface area contributed by atoms with Gasteiger partial charge < -0.3 is 14.6 Å². The number of aromatic hydroxyl groups is 1. The fourth-order valence-electron chi connectivity index (χ4n) is 4.08. The van der Waals surface area contributed by atoms with Gasteiger partial charge >= 0.3 is 0 Å². The Hall–Kier alpha value is -4.46. The molecule has 5 aromatic rings. The molecule has 0 amide bonds. The molecule has 1 aliphatic rings. The van der Waals surface area contributed by atoms with Crippen LogP contribution in [-0.2, 0) is 6.61 Å². The van der Waals surface area contributed by atoms with E-state index in [4.69, 9.17) is 14.5 Å². The highest BCUT2D eigenvalue weighted by molar-refractivity contribution is 5.66. The summed E-state index contributed by atoms with van der Waals surface area (Å²) < 4.78 is 13.6. The van der Waals surface area contributed by atoms with Crippen LogP contribution in [0.2, 0.25) is 0 Å². The van der Waals surface area contributed by atoms with Gasteiger partial charge in [0, 0.05) is 29.9 Å². The molecule has 2 aromatic carbocycles. The van der Waals surface area contributed by atoms with E-state index in [9.17, 15) is 5.11 Å². The molecule has 0 saturated heterocycles. The number of ether oxygens (including phenoxy) is 2. The van der Waals surface area contributed by atoms with Crippen molar-refractivity contribution >= 4 is 5.65 Å². The smallest absolute Gasteiger partial charge is 0.228 e. The van der Waals surface area contributed by atoms with E-state index in [1.165, 1.54) is 5.56 Å². The van der Waals surface area contributed by atoms with E-state index in [-0.39, 0.29) is 18.3 Å². The third kappa shape index (κ3) is 3.41. The number of aromatic nitrogens is 5. The molecule has 1 atom stereocenters. The first kappa shape index (κ1) is 19.2. The lowest BCUT2D eigenvalue weighted by Crippen LogP contribution is -2.15. The van der Waals surface area contributed by atoms with Gasteiger partial charge in [-0.2, -0.15) is 0 Å². The maximum absolute atomic E-state index is 9.98. The molecule has 0 saturated carbocycles. The van der Waals surface area contributed by atoms with E-state index < -0.39 is 0 Å². The van der Waals surface area contributed by atoms with Gasteiger partial charge in [0.1, 0.15) is 30.2 Å². The van der Waals surface area contributed by atoms with Gasteiger partial charge in [-0.15, -0.1) is 5.10 Å². The van der Waals surface area contributed by atoms with Crippen molar-refractivity contribution in [2.45, 2.75) is 19.4 Å². The van der Waals surface area contributed by atoms with Crippen LogP contribution in [-0.4, -0.2) is 29.7 Å². The molecule has 0 unspecified atom stereocenters.